The molecule has 3 heteroatoms. The summed E-state index contributed by atoms with van der Waals surface area (Å²) in [6.45, 7) is 5.36. The average molecular weight is 296 g/mol. The van der Waals surface area contributed by atoms with Crippen LogP contribution < -0.4 is 10.4 Å². The van der Waals surface area contributed by atoms with Crippen molar-refractivity contribution < 1.29 is 9.15 Å². The Morgan fingerprint density at radius 1 is 1.27 bits per heavy atom. The van der Waals surface area contributed by atoms with Crippen LogP contribution in [-0.2, 0) is 0 Å². The summed E-state index contributed by atoms with van der Waals surface area (Å²) in [4.78, 5) is 11.3. The summed E-state index contributed by atoms with van der Waals surface area (Å²) in [5, 5.41) is 0.909. The zero-order chi connectivity index (χ0) is 15.3. The van der Waals surface area contributed by atoms with Crippen LogP contribution in [0.1, 0.15) is 26.7 Å². The lowest BCUT2D eigenvalue weighted by atomic mass is 9.49. The van der Waals surface area contributed by atoms with Crippen molar-refractivity contribution in [3.63, 3.8) is 0 Å². The zero-order valence-electron chi connectivity index (χ0n) is 13.0. The number of rotatable bonds is 3. The van der Waals surface area contributed by atoms with Gasteiger partial charge in [-0.25, -0.2) is 4.79 Å². The molecule has 0 N–H and O–H groups in total. The lowest BCUT2D eigenvalue weighted by Crippen LogP contribution is -2.48. The topological polar surface area (TPSA) is 39.4 Å². The Kier molecular flexibility index (Phi) is 2.93. The van der Waals surface area contributed by atoms with Crippen LogP contribution in [-0.4, -0.2) is 6.61 Å². The highest BCUT2D eigenvalue weighted by Crippen LogP contribution is 2.59. The van der Waals surface area contributed by atoms with Gasteiger partial charge in [0.1, 0.15) is 17.9 Å². The van der Waals surface area contributed by atoms with Gasteiger partial charge in [0.15, 0.2) is 0 Å². The fraction of sp³-hybridized carbons (Fsp3) is 0.421. The smallest absolute Gasteiger partial charge is 0.336 e. The number of fused-ring (bicyclic) bond motifs is 2. The molecular formula is C19H20O3. The van der Waals surface area contributed by atoms with Gasteiger partial charge in [-0.2, -0.15) is 0 Å². The van der Waals surface area contributed by atoms with Gasteiger partial charge >= 0.3 is 5.63 Å². The van der Waals surface area contributed by atoms with Gasteiger partial charge in [0.2, 0.25) is 0 Å². The van der Waals surface area contributed by atoms with Crippen molar-refractivity contribution in [1.29, 1.82) is 0 Å². The summed E-state index contributed by atoms with van der Waals surface area (Å²) >= 11 is 0. The highest BCUT2D eigenvalue weighted by molar-refractivity contribution is 5.77. The maximum atomic E-state index is 11.3. The van der Waals surface area contributed by atoms with Crippen LogP contribution in [0, 0.1) is 17.3 Å². The molecule has 0 unspecified atom stereocenters. The Hall–Kier alpha value is -2.03. The second kappa shape index (κ2) is 4.73. The van der Waals surface area contributed by atoms with Crippen molar-refractivity contribution in [1.82, 2.24) is 0 Å². The van der Waals surface area contributed by atoms with Crippen LogP contribution in [0.25, 0.3) is 11.0 Å². The van der Waals surface area contributed by atoms with Crippen LogP contribution in [0.15, 0.2) is 51.2 Å². The van der Waals surface area contributed by atoms with Gasteiger partial charge < -0.3 is 9.15 Å². The third-order valence-electron chi connectivity index (χ3n) is 5.58. The Morgan fingerprint density at radius 3 is 2.86 bits per heavy atom. The molecule has 1 heterocycles. The van der Waals surface area contributed by atoms with Crippen molar-refractivity contribution in [2.75, 3.05) is 6.61 Å². The van der Waals surface area contributed by atoms with Crippen molar-refractivity contribution in [3.05, 3.63) is 52.4 Å². The first kappa shape index (κ1) is 13.6. The number of benzene rings is 1. The van der Waals surface area contributed by atoms with Crippen molar-refractivity contribution in [2.24, 2.45) is 17.3 Å². The minimum atomic E-state index is -0.332. The molecule has 1 aromatic heterocycles. The van der Waals surface area contributed by atoms with Crippen LogP contribution in [0.2, 0.25) is 0 Å². The highest BCUT2D eigenvalue weighted by Gasteiger charge is 2.51. The summed E-state index contributed by atoms with van der Waals surface area (Å²) in [6.07, 6.45) is 4.83. The van der Waals surface area contributed by atoms with E-state index in [1.807, 2.05) is 12.1 Å². The van der Waals surface area contributed by atoms with E-state index in [1.165, 1.54) is 24.5 Å². The van der Waals surface area contributed by atoms with E-state index in [0.29, 0.717) is 23.5 Å². The molecule has 5 rings (SSSR count). The number of hydrogen-bond donors (Lipinski definition) is 0. The van der Waals surface area contributed by atoms with Crippen LogP contribution in [0.3, 0.4) is 0 Å². The van der Waals surface area contributed by atoms with Gasteiger partial charge in [0.25, 0.3) is 0 Å². The molecular weight excluding hydrogens is 276 g/mol. The van der Waals surface area contributed by atoms with E-state index in [0.717, 1.165) is 17.1 Å². The van der Waals surface area contributed by atoms with Gasteiger partial charge in [-0.05, 0) is 53.9 Å². The molecule has 0 amide bonds. The van der Waals surface area contributed by atoms with Gasteiger partial charge in [0, 0.05) is 17.5 Å². The van der Waals surface area contributed by atoms with Gasteiger partial charge in [-0.1, -0.05) is 19.9 Å². The monoisotopic (exact) mass is 296 g/mol. The lowest BCUT2D eigenvalue weighted by Gasteiger charge is -2.56. The van der Waals surface area contributed by atoms with E-state index in [2.05, 4.69) is 19.9 Å². The minimum absolute atomic E-state index is 0.332. The molecule has 114 valence electrons. The van der Waals surface area contributed by atoms with E-state index in [-0.39, 0.29) is 5.63 Å². The molecule has 2 atom stereocenters. The van der Waals surface area contributed by atoms with E-state index in [1.54, 1.807) is 12.1 Å². The standard InChI is InChI=1S/C19H20O3/c1-19(2)14-6-3-13(16(19)9-14)11-21-15-7-4-12-5-8-18(20)22-17(12)10-15/h3-5,7-8,10,14,16H,6,9,11H2,1-2H3/t14-,16-/m0/s1. The molecule has 1 fully saturated rings. The summed E-state index contributed by atoms with van der Waals surface area (Å²) < 4.78 is 11.2. The van der Waals surface area contributed by atoms with Crippen LogP contribution >= 0.6 is 0 Å². The quantitative estimate of drug-likeness (QED) is 0.630. The first-order valence-corrected chi connectivity index (χ1v) is 7.90. The molecule has 1 saturated carbocycles. The van der Waals surface area contributed by atoms with E-state index in [9.17, 15) is 4.79 Å². The first-order valence-electron chi connectivity index (χ1n) is 7.90. The molecule has 2 bridgehead atoms. The number of ether oxygens (including phenoxy) is 1. The lowest BCUT2D eigenvalue weighted by molar-refractivity contribution is -0.0115. The third-order valence-corrected chi connectivity index (χ3v) is 5.58. The largest absolute Gasteiger partial charge is 0.489 e. The van der Waals surface area contributed by atoms with Gasteiger partial charge in [-0.3, -0.25) is 0 Å². The van der Waals surface area contributed by atoms with Gasteiger partial charge in [0.05, 0.1) is 0 Å². The Morgan fingerprint density at radius 2 is 2.09 bits per heavy atom. The fourth-order valence-corrected chi connectivity index (χ4v) is 3.94. The van der Waals surface area contributed by atoms with Crippen LogP contribution in [0.5, 0.6) is 5.75 Å². The summed E-state index contributed by atoms with van der Waals surface area (Å²) in [5.41, 5.74) is 2.08. The van der Waals surface area contributed by atoms with E-state index in [4.69, 9.17) is 9.15 Å². The van der Waals surface area contributed by atoms with E-state index < -0.39 is 0 Å². The molecule has 3 aliphatic carbocycles. The predicted molar refractivity (Wildman–Crippen MR) is 86.1 cm³/mol. The molecule has 0 saturated heterocycles. The molecule has 1 aromatic carbocycles. The minimum Gasteiger partial charge on any atom is -0.489 e. The molecule has 3 nitrogen and oxygen atoms in total. The SMILES string of the molecule is CC1(C)[C@H]2CC=C(COc3ccc4ccc(=O)oc4c3)[C@@H]1C2. The maximum Gasteiger partial charge on any atom is 0.336 e. The summed E-state index contributed by atoms with van der Waals surface area (Å²) in [5.74, 6) is 2.25. The Balaban J connectivity index is 1.52. The molecule has 0 radical (unpaired) electrons. The molecule has 22 heavy (non-hydrogen) atoms. The normalized spacial score (nSPS) is 25.5. The fourth-order valence-electron chi connectivity index (χ4n) is 3.94. The molecule has 0 aliphatic heterocycles. The summed E-state index contributed by atoms with van der Waals surface area (Å²) in [6, 6.07) is 8.86. The van der Waals surface area contributed by atoms with E-state index >= 15 is 0 Å². The Bertz CT molecular complexity index is 813. The third kappa shape index (κ3) is 2.07. The van der Waals surface area contributed by atoms with Crippen molar-refractivity contribution >= 4 is 11.0 Å². The maximum absolute atomic E-state index is 11.3. The average Bonchev–Trinajstić information content (AvgIpc) is 2.52. The molecule has 2 aromatic rings. The van der Waals surface area contributed by atoms with Crippen molar-refractivity contribution in [3.8, 4) is 5.75 Å². The Labute approximate surface area is 129 Å². The highest BCUT2D eigenvalue weighted by atomic mass is 16.5. The molecule has 0 spiro atoms. The number of allylic oxidation sites excluding steroid dienone is 1. The van der Waals surface area contributed by atoms with Gasteiger partial charge in [-0.15, -0.1) is 0 Å². The van der Waals surface area contributed by atoms with Crippen LogP contribution in [0.4, 0.5) is 0 Å². The summed E-state index contributed by atoms with van der Waals surface area (Å²) in [7, 11) is 0. The zero-order valence-corrected chi connectivity index (χ0v) is 13.0. The predicted octanol–water partition coefficient (Wildman–Crippen LogP) is 4.16. The van der Waals surface area contributed by atoms with Crippen molar-refractivity contribution in [2.45, 2.75) is 26.7 Å². The molecule has 3 aliphatic rings. The second-order valence-electron chi connectivity index (χ2n) is 7.06. The second-order valence-corrected chi connectivity index (χ2v) is 7.06. The first-order chi connectivity index (χ1) is 10.5. The number of hydrogen-bond acceptors (Lipinski definition) is 3.